The van der Waals surface area contributed by atoms with Crippen LogP contribution in [0.2, 0.25) is 18.1 Å². The van der Waals surface area contributed by atoms with Gasteiger partial charge in [-0.1, -0.05) is 51.1 Å². The van der Waals surface area contributed by atoms with Crippen molar-refractivity contribution in [2.45, 2.75) is 58.0 Å². The molecule has 0 aromatic heterocycles. The SMILES string of the molecule is CCOC(=O)N1C(=O)[C@@H](O[Si](CC)(CC)CC)[C@H]1c1ccccc1. The molecule has 6 heteroatoms. The molecule has 24 heavy (non-hydrogen) atoms. The number of β-lactam (4-membered cyclic amide) rings is 1. The average Bonchev–Trinajstić information content (AvgIpc) is 2.62. The van der Waals surface area contributed by atoms with Gasteiger partial charge in [-0.2, -0.15) is 0 Å². The zero-order valence-electron chi connectivity index (χ0n) is 15.0. The summed E-state index contributed by atoms with van der Waals surface area (Å²) in [4.78, 5) is 26.0. The fourth-order valence-corrected chi connectivity index (χ4v) is 5.99. The van der Waals surface area contributed by atoms with Crippen LogP contribution >= 0.6 is 0 Å². The number of carbonyl (C=O) groups excluding carboxylic acids is 2. The van der Waals surface area contributed by atoms with Crippen LogP contribution in [0.5, 0.6) is 0 Å². The number of hydrogen-bond acceptors (Lipinski definition) is 4. The zero-order valence-corrected chi connectivity index (χ0v) is 16.0. The number of imide groups is 1. The van der Waals surface area contributed by atoms with E-state index in [-0.39, 0.29) is 12.5 Å². The number of hydrogen-bond donors (Lipinski definition) is 0. The first-order valence-corrected chi connectivity index (χ1v) is 11.3. The summed E-state index contributed by atoms with van der Waals surface area (Å²) in [6, 6.07) is 12.1. The van der Waals surface area contributed by atoms with E-state index in [0.717, 1.165) is 23.7 Å². The fourth-order valence-electron chi connectivity index (χ4n) is 3.22. The normalized spacial score (nSPS) is 20.7. The van der Waals surface area contributed by atoms with E-state index >= 15 is 0 Å². The molecule has 1 heterocycles. The summed E-state index contributed by atoms with van der Waals surface area (Å²) >= 11 is 0. The van der Waals surface area contributed by atoms with Gasteiger partial charge in [-0.15, -0.1) is 0 Å². The van der Waals surface area contributed by atoms with Crippen molar-refractivity contribution >= 4 is 20.3 Å². The van der Waals surface area contributed by atoms with Gasteiger partial charge < -0.3 is 9.16 Å². The Balaban J connectivity index is 2.30. The molecule has 0 N–H and O–H groups in total. The monoisotopic (exact) mass is 349 g/mol. The Kier molecular flexibility index (Phi) is 6.18. The Bertz CT molecular complexity index is 565. The van der Waals surface area contributed by atoms with Crippen LogP contribution in [-0.4, -0.2) is 37.9 Å². The van der Waals surface area contributed by atoms with Gasteiger partial charge in [0.15, 0.2) is 14.4 Å². The number of nitrogens with zero attached hydrogens (tertiary/aromatic N) is 1. The maximum atomic E-state index is 12.6. The van der Waals surface area contributed by atoms with Crippen molar-refractivity contribution in [2.24, 2.45) is 0 Å². The van der Waals surface area contributed by atoms with E-state index in [1.807, 2.05) is 30.3 Å². The number of ether oxygens (including phenoxy) is 1. The van der Waals surface area contributed by atoms with Crippen molar-refractivity contribution in [3.63, 3.8) is 0 Å². The number of benzene rings is 1. The highest BCUT2D eigenvalue weighted by molar-refractivity contribution is 6.73. The Labute approximate surface area is 145 Å². The smallest absolute Gasteiger partial charge is 0.417 e. The molecule has 0 radical (unpaired) electrons. The number of rotatable bonds is 7. The molecule has 1 aliphatic rings. The minimum Gasteiger partial charge on any atom is -0.449 e. The maximum Gasteiger partial charge on any atom is 0.417 e. The molecule has 1 aromatic carbocycles. The van der Waals surface area contributed by atoms with Gasteiger partial charge in [0, 0.05) is 0 Å². The zero-order chi connectivity index (χ0) is 17.7. The van der Waals surface area contributed by atoms with E-state index in [0.29, 0.717) is 0 Å². The highest BCUT2D eigenvalue weighted by atomic mass is 28.4. The van der Waals surface area contributed by atoms with E-state index in [1.165, 1.54) is 4.90 Å². The molecule has 1 saturated heterocycles. The molecule has 0 unspecified atom stereocenters. The first-order valence-electron chi connectivity index (χ1n) is 8.76. The predicted molar refractivity (Wildman–Crippen MR) is 95.1 cm³/mol. The lowest BCUT2D eigenvalue weighted by Gasteiger charge is -2.48. The van der Waals surface area contributed by atoms with E-state index < -0.39 is 26.6 Å². The lowest BCUT2D eigenvalue weighted by atomic mass is 9.91. The minimum atomic E-state index is -1.95. The predicted octanol–water partition coefficient (Wildman–Crippen LogP) is 4.12. The Morgan fingerprint density at radius 2 is 1.67 bits per heavy atom. The minimum absolute atomic E-state index is 0.243. The number of carbonyl (C=O) groups is 2. The van der Waals surface area contributed by atoms with E-state index in [4.69, 9.17) is 9.16 Å². The molecule has 0 aliphatic carbocycles. The van der Waals surface area contributed by atoms with Gasteiger partial charge in [0.1, 0.15) is 6.04 Å². The summed E-state index contributed by atoms with van der Waals surface area (Å²) in [5.41, 5.74) is 0.904. The van der Waals surface area contributed by atoms with Gasteiger partial charge in [-0.05, 0) is 30.6 Å². The lowest BCUT2D eigenvalue weighted by molar-refractivity contribution is -0.160. The fraction of sp³-hybridized carbons (Fsp3) is 0.556. The van der Waals surface area contributed by atoms with Gasteiger partial charge in [0.2, 0.25) is 0 Å². The molecule has 2 rings (SSSR count). The van der Waals surface area contributed by atoms with E-state index in [2.05, 4.69) is 20.8 Å². The third-order valence-corrected chi connectivity index (χ3v) is 9.58. The lowest BCUT2D eigenvalue weighted by Crippen LogP contribution is -2.64. The summed E-state index contributed by atoms with van der Waals surface area (Å²) in [5.74, 6) is -0.283. The van der Waals surface area contributed by atoms with Gasteiger partial charge in [0.05, 0.1) is 6.61 Å². The molecular weight excluding hydrogens is 322 g/mol. The summed E-state index contributed by atoms with van der Waals surface area (Å²) in [5, 5.41) is 0. The molecule has 5 nitrogen and oxygen atoms in total. The van der Waals surface area contributed by atoms with Gasteiger partial charge >= 0.3 is 6.09 Å². The third-order valence-electron chi connectivity index (χ3n) is 4.96. The van der Waals surface area contributed by atoms with Crippen LogP contribution in [0.4, 0.5) is 4.79 Å². The molecule has 2 atom stereocenters. The highest BCUT2D eigenvalue weighted by Gasteiger charge is 2.55. The van der Waals surface area contributed by atoms with Gasteiger partial charge in [-0.3, -0.25) is 4.79 Å². The third kappa shape index (κ3) is 3.39. The number of amides is 2. The Hall–Kier alpha value is -1.66. The molecule has 1 aromatic rings. The van der Waals surface area contributed by atoms with Gasteiger partial charge in [-0.25, -0.2) is 9.69 Å². The summed E-state index contributed by atoms with van der Waals surface area (Å²) in [6.07, 6.45) is -1.17. The van der Waals surface area contributed by atoms with Crippen molar-refractivity contribution in [1.82, 2.24) is 4.90 Å². The van der Waals surface area contributed by atoms with Crippen LogP contribution < -0.4 is 0 Å². The second-order valence-electron chi connectivity index (χ2n) is 6.04. The van der Waals surface area contributed by atoms with Crippen LogP contribution in [0.1, 0.15) is 39.3 Å². The molecule has 1 aliphatic heterocycles. The molecular formula is C18H27NO4Si. The van der Waals surface area contributed by atoms with Gasteiger partial charge in [0.25, 0.3) is 5.91 Å². The van der Waals surface area contributed by atoms with Crippen molar-refractivity contribution in [3.05, 3.63) is 35.9 Å². The van der Waals surface area contributed by atoms with Crippen molar-refractivity contribution < 1.29 is 18.8 Å². The summed E-state index contributed by atoms with van der Waals surface area (Å²) in [6.45, 7) is 8.36. The topological polar surface area (TPSA) is 55.8 Å². The molecule has 0 bridgehead atoms. The standard InChI is InChI=1S/C18H27NO4Si/c1-5-22-18(21)19-15(14-12-10-9-11-13-14)16(17(19)20)23-24(6-2,7-3)8-4/h9-13,15-16H,5-8H2,1-4H3/t15-,16+/m1/s1. The second kappa shape index (κ2) is 7.94. The molecule has 1 fully saturated rings. The van der Waals surface area contributed by atoms with Crippen molar-refractivity contribution in [2.75, 3.05) is 6.61 Å². The van der Waals surface area contributed by atoms with Crippen LogP contribution in [0.15, 0.2) is 30.3 Å². The molecule has 132 valence electrons. The molecule has 0 spiro atoms. The average molecular weight is 350 g/mol. The summed E-state index contributed by atoms with van der Waals surface area (Å²) < 4.78 is 11.4. The molecule has 2 amide bonds. The molecule has 0 saturated carbocycles. The first-order chi connectivity index (χ1) is 11.5. The van der Waals surface area contributed by atoms with E-state index in [1.54, 1.807) is 6.92 Å². The van der Waals surface area contributed by atoms with Crippen LogP contribution in [0, 0.1) is 0 Å². The largest absolute Gasteiger partial charge is 0.449 e. The summed E-state index contributed by atoms with van der Waals surface area (Å²) in [7, 11) is -1.95. The highest BCUT2D eigenvalue weighted by Crippen LogP contribution is 2.40. The van der Waals surface area contributed by atoms with Crippen LogP contribution in [-0.2, 0) is 14.0 Å². The van der Waals surface area contributed by atoms with Crippen LogP contribution in [0.3, 0.4) is 0 Å². The van der Waals surface area contributed by atoms with E-state index in [9.17, 15) is 9.59 Å². The Morgan fingerprint density at radius 1 is 1.08 bits per heavy atom. The Morgan fingerprint density at radius 3 is 2.17 bits per heavy atom. The first kappa shape index (κ1) is 18.7. The maximum absolute atomic E-state index is 12.6. The van der Waals surface area contributed by atoms with Crippen LogP contribution in [0.25, 0.3) is 0 Å². The van der Waals surface area contributed by atoms with Crippen molar-refractivity contribution in [1.29, 1.82) is 0 Å². The van der Waals surface area contributed by atoms with Crippen molar-refractivity contribution in [3.8, 4) is 0 Å². The number of likely N-dealkylation sites (tertiary alicyclic amines) is 1. The second-order valence-corrected chi connectivity index (χ2v) is 10.8. The quantitative estimate of drug-likeness (QED) is 0.549.